The van der Waals surface area contributed by atoms with E-state index in [1.807, 2.05) is 6.92 Å². The van der Waals surface area contributed by atoms with E-state index in [1.54, 1.807) is 38.2 Å². The smallest absolute Gasteiger partial charge is 0.330 e. The van der Waals surface area contributed by atoms with Crippen molar-refractivity contribution in [3.05, 3.63) is 82.7 Å². The number of pyridine rings is 1. The average molecular weight is 597 g/mol. The molecule has 2 heterocycles. The molecule has 0 radical (unpaired) electrons. The van der Waals surface area contributed by atoms with Gasteiger partial charge in [0.25, 0.3) is 0 Å². The molecule has 0 aliphatic heterocycles. The Balaban J connectivity index is 1.59. The fourth-order valence-electron chi connectivity index (χ4n) is 4.23. The minimum absolute atomic E-state index is 0.180. The molecule has 2 aromatic heterocycles. The summed E-state index contributed by atoms with van der Waals surface area (Å²) in [4.78, 5) is 24.6. The van der Waals surface area contributed by atoms with Crippen molar-refractivity contribution in [1.82, 2.24) is 19.3 Å². The molecule has 41 heavy (non-hydrogen) atoms. The number of fused-ring (bicyclic) bond motifs is 1. The molecule has 4 aromatic rings. The van der Waals surface area contributed by atoms with Crippen molar-refractivity contribution >= 4 is 27.0 Å². The maximum atomic E-state index is 14.1. The lowest BCUT2D eigenvalue weighted by molar-refractivity contribution is -0.139. The Morgan fingerprint density at radius 3 is 2.15 bits per heavy atom. The number of rotatable bonds is 9. The molecule has 0 bridgehead atoms. The van der Waals surface area contributed by atoms with Gasteiger partial charge in [0, 0.05) is 19.7 Å². The maximum Gasteiger partial charge on any atom is 0.330 e. The van der Waals surface area contributed by atoms with Gasteiger partial charge >= 0.3 is 5.97 Å². The third-order valence-electron chi connectivity index (χ3n) is 6.34. The first kappa shape index (κ1) is 30.1. The van der Waals surface area contributed by atoms with Gasteiger partial charge in [-0.05, 0) is 43.0 Å². The van der Waals surface area contributed by atoms with Crippen molar-refractivity contribution in [3.63, 3.8) is 0 Å². The second-order valence-corrected chi connectivity index (χ2v) is 11.8. The quantitative estimate of drug-likeness (QED) is 0.0938. The lowest BCUT2D eigenvalue weighted by Gasteiger charge is -2.27. The molecule has 14 heteroatoms. The number of likely N-dealkylation sites (N-methyl/N-ethyl adjacent to an activating group) is 1. The van der Waals surface area contributed by atoms with Crippen molar-refractivity contribution in [1.29, 1.82) is 0 Å². The maximum absolute atomic E-state index is 14.1. The zero-order valence-corrected chi connectivity index (χ0v) is 23.1. The van der Waals surface area contributed by atoms with Crippen molar-refractivity contribution in [2.24, 2.45) is 5.92 Å². The summed E-state index contributed by atoms with van der Waals surface area (Å²) in [6.45, 7) is 5.10. The highest BCUT2D eigenvalue weighted by molar-refractivity contribution is 7.89. The van der Waals surface area contributed by atoms with Gasteiger partial charge in [0.2, 0.25) is 44.9 Å². The van der Waals surface area contributed by atoms with Crippen LogP contribution in [0.5, 0.6) is 5.75 Å². The molecule has 1 atom stereocenters. The molecule has 0 aliphatic carbocycles. The number of sulfonamides is 1. The number of aromatic amines is 1. The number of carbonyl (C=O) groups excluding carboxylic acids is 1. The van der Waals surface area contributed by atoms with E-state index in [1.165, 1.54) is 12.1 Å². The molecule has 0 saturated carbocycles. The Morgan fingerprint density at radius 1 is 0.976 bits per heavy atom. The third kappa shape index (κ3) is 5.93. The monoisotopic (exact) mass is 596 g/mol. The van der Waals surface area contributed by atoms with Crippen LogP contribution < -0.4 is 4.74 Å². The topological polar surface area (TPSA) is 105 Å². The highest BCUT2D eigenvalue weighted by Crippen LogP contribution is 2.31. The van der Waals surface area contributed by atoms with Crippen LogP contribution in [-0.2, 0) is 21.2 Å². The number of nitrogens with one attached hydrogen (secondary N) is 1. The first-order valence-corrected chi connectivity index (χ1v) is 13.8. The summed E-state index contributed by atoms with van der Waals surface area (Å²) in [6.07, 6.45) is 1.80. The molecule has 0 amide bonds. The molecule has 218 valence electrons. The predicted molar refractivity (Wildman–Crippen MR) is 138 cm³/mol. The Bertz CT molecular complexity index is 1700. The van der Waals surface area contributed by atoms with E-state index in [-0.39, 0.29) is 17.2 Å². The number of imidazole rings is 1. The minimum atomic E-state index is -4.38. The van der Waals surface area contributed by atoms with Crippen molar-refractivity contribution in [3.8, 4) is 5.75 Å². The number of hydrogen-bond donors (Lipinski definition) is 1. The van der Waals surface area contributed by atoms with Gasteiger partial charge in [0.15, 0.2) is 0 Å². The number of aromatic nitrogens is 3. The predicted octanol–water partition coefficient (Wildman–Crippen LogP) is 5.19. The van der Waals surface area contributed by atoms with Crippen molar-refractivity contribution in [2.75, 3.05) is 7.05 Å². The van der Waals surface area contributed by atoms with Crippen LogP contribution in [0.15, 0.2) is 41.4 Å². The minimum Gasteiger partial charge on any atom is -0.419 e. The number of nitrogens with zero attached hydrogens (tertiary/aromatic N) is 3. The number of ether oxygens (including phenoxy) is 1. The fourth-order valence-corrected chi connectivity index (χ4v) is 5.55. The summed E-state index contributed by atoms with van der Waals surface area (Å²) >= 11 is 0. The zero-order valence-electron chi connectivity index (χ0n) is 22.3. The number of H-pyrrole nitrogens is 1. The molecular weight excluding hydrogens is 571 g/mol. The van der Waals surface area contributed by atoms with Crippen LogP contribution in [-0.4, -0.2) is 46.7 Å². The summed E-state index contributed by atoms with van der Waals surface area (Å²) in [7, 11) is -3.33. The summed E-state index contributed by atoms with van der Waals surface area (Å²) in [5.41, 5.74) is 2.89. The second kappa shape index (κ2) is 11.5. The summed E-state index contributed by atoms with van der Waals surface area (Å²) in [6, 6.07) is 5.89. The molecule has 0 aliphatic rings. The lowest BCUT2D eigenvalue weighted by Crippen LogP contribution is -2.45. The van der Waals surface area contributed by atoms with Gasteiger partial charge in [0.1, 0.15) is 17.4 Å². The highest BCUT2D eigenvalue weighted by Gasteiger charge is 2.37. The Labute approximate surface area is 232 Å². The number of benzene rings is 2. The van der Waals surface area contributed by atoms with Gasteiger partial charge in [-0.1, -0.05) is 26.0 Å². The zero-order chi connectivity index (χ0) is 30.2. The number of esters is 1. The van der Waals surface area contributed by atoms with E-state index in [9.17, 15) is 35.2 Å². The van der Waals surface area contributed by atoms with Crippen LogP contribution in [0.2, 0.25) is 0 Å². The third-order valence-corrected chi connectivity index (χ3v) is 8.23. The Hall–Kier alpha value is -3.91. The largest absolute Gasteiger partial charge is 0.419 e. The van der Waals surface area contributed by atoms with Crippen molar-refractivity contribution in [2.45, 2.75) is 44.6 Å². The molecule has 0 saturated heterocycles. The summed E-state index contributed by atoms with van der Waals surface area (Å²) in [5, 5.41) is 0. The molecule has 0 unspecified atom stereocenters. The first-order valence-electron chi connectivity index (χ1n) is 12.3. The summed E-state index contributed by atoms with van der Waals surface area (Å²) in [5.74, 6) is -14.7. The van der Waals surface area contributed by atoms with E-state index in [4.69, 9.17) is 0 Å². The van der Waals surface area contributed by atoms with E-state index in [0.717, 1.165) is 18.1 Å². The normalized spacial score (nSPS) is 12.9. The standard InChI is InChI=1S/C27H25F5N4O4S/c1-13(2)11-19(27(37)40-26-23(31)21(29)20(28)22(30)24(26)32)36(4)41(38,39)16-7-5-15(6-8-16)12-18-25-17(9-10-33-18)34-14(3)35-25/h5-10,13,19H,11-12H2,1-4H3,(H,34,35)/t19-/m0/s1. The average Bonchev–Trinajstić information content (AvgIpc) is 3.32. The van der Waals surface area contributed by atoms with Crippen LogP contribution in [0.4, 0.5) is 22.0 Å². The van der Waals surface area contributed by atoms with E-state index >= 15 is 0 Å². The number of carbonyl (C=O) groups is 1. The SMILES string of the molecule is Cc1nc2c(Cc3ccc(S(=O)(=O)N(C)[C@@H](CC(C)C)C(=O)Oc4c(F)c(F)c(F)c(F)c4F)cc3)nccc2[nH]1. The fraction of sp³-hybridized carbons (Fsp3) is 0.296. The van der Waals surface area contributed by atoms with Gasteiger partial charge in [-0.25, -0.2) is 31.4 Å². The van der Waals surface area contributed by atoms with Gasteiger partial charge in [-0.3, -0.25) is 4.98 Å². The van der Waals surface area contributed by atoms with Crippen LogP contribution in [0.1, 0.15) is 37.4 Å². The lowest BCUT2D eigenvalue weighted by atomic mass is 10.0. The Kier molecular flexibility index (Phi) is 8.45. The number of aryl methyl sites for hydroxylation is 1. The van der Waals surface area contributed by atoms with Crippen molar-refractivity contribution < 1.29 is 39.9 Å². The molecule has 0 spiro atoms. The molecule has 0 fully saturated rings. The highest BCUT2D eigenvalue weighted by atomic mass is 32.2. The van der Waals surface area contributed by atoms with Gasteiger partial charge in [-0.15, -0.1) is 0 Å². The number of hydrogen-bond acceptors (Lipinski definition) is 6. The Morgan fingerprint density at radius 2 is 1.56 bits per heavy atom. The van der Waals surface area contributed by atoms with Crippen LogP contribution in [0, 0.1) is 41.9 Å². The molecule has 1 N–H and O–H groups in total. The van der Waals surface area contributed by atoms with Crippen LogP contribution >= 0.6 is 0 Å². The van der Waals surface area contributed by atoms with Gasteiger partial charge < -0.3 is 9.72 Å². The molecule has 8 nitrogen and oxygen atoms in total. The molecule has 4 rings (SSSR count). The van der Waals surface area contributed by atoms with E-state index in [0.29, 0.717) is 27.8 Å². The van der Waals surface area contributed by atoms with Crippen LogP contribution in [0.25, 0.3) is 11.0 Å². The van der Waals surface area contributed by atoms with E-state index in [2.05, 4.69) is 19.7 Å². The van der Waals surface area contributed by atoms with Gasteiger partial charge in [-0.2, -0.15) is 13.1 Å². The second-order valence-electron chi connectivity index (χ2n) is 9.78. The van der Waals surface area contributed by atoms with Crippen LogP contribution in [0.3, 0.4) is 0 Å². The molecular formula is C27H25F5N4O4S. The summed E-state index contributed by atoms with van der Waals surface area (Å²) < 4.78 is 101. The van der Waals surface area contributed by atoms with E-state index < -0.39 is 56.9 Å². The molecule has 2 aromatic carbocycles. The number of halogens is 5. The first-order chi connectivity index (χ1) is 19.2. The van der Waals surface area contributed by atoms with Gasteiger partial charge in [0.05, 0.1) is 16.1 Å².